The van der Waals surface area contributed by atoms with Crippen LogP contribution in [-0.2, 0) is 23.1 Å². The van der Waals surface area contributed by atoms with Gasteiger partial charge in [-0.1, -0.05) is 45.0 Å². The predicted octanol–water partition coefficient (Wildman–Crippen LogP) is 4.13. The van der Waals surface area contributed by atoms with Crippen molar-refractivity contribution in [3.63, 3.8) is 0 Å². The van der Waals surface area contributed by atoms with Crippen LogP contribution < -0.4 is 0 Å². The molecule has 1 N–H and O–H groups in total. The molecule has 0 aliphatic rings. The van der Waals surface area contributed by atoms with Crippen molar-refractivity contribution in [3.8, 4) is 0 Å². The third-order valence-corrected chi connectivity index (χ3v) is 4.58. The van der Waals surface area contributed by atoms with Crippen LogP contribution in [0, 0.1) is 0 Å². The van der Waals surface area contributed by atoms with E-state index in [1.807, 2.05) is 6.07 Å². The van der Waals surface area contributed by atoms with E-state index >= 15 is 0 Å². The lowest BCUT2D eigenvalue weighted by atomic mass is 9.82. The first-order valence-electron chi connectivity index (χ1n) is 7.60. The van der Waals surface area contributed by atoms with Crippen LogP contribution in [0.4, 0.5) is 0 Å². The maximum Gasteiger partial charge on any atom is 0.171 e. The molecule has 0 bridgehead atoms. The molecule has 0 spiro atoms. The fraction of sp³-hybridized carbons (Fsp3) is 0.444. The maximum atomic E-state index is 9.31. The lowest BCUT2D eigenvalue weighted by Gasteiger charge is -2.25. The van der Waals surface area contributed by atoms with Gasteiger partial charge in [-0.15, -0.1) is 0 Å². The Morgan fingerprint density at radius 1 is 1.10 bits per heavy atom. The van der Waals surface area contributed by atoms with Crippen molar-refractivity contribution in [1.82, 2.24) is 0 Å². The molecular weight excluding hydrogens is 276 g/mol. The number of fused-ring (bicyclic) bond motifs is 1. The van der Waals surface area contributed by atoms with Gasteiger partial charge in [0, 0.05) is 0 Å². The average Bonchev–Trinajstić information content (AvgIpc) is 2.42. The molecule has 0 heterocycles. The summed E-state index contributed by atoms with van der Waals surface area (Å²) >= 11 is 0. The van der Waals surface area contributed by atoms with Crippen molar-refractivity contribution in [1.29, 1.82) is 0 Å². The van der Waals surface area contributed by atoms with E-state index in [9.17, 15) is 5.11 Å². The summed E-state index contributed by atoms with van der Waals surface area (Å²) in [5.41, 5.74) is 3.70. The van der Waals surface area contributed by atoms with Crippen molar-refractivity contribution < 1.29 is 9.53 Å². The molecular formula is C18H26O2Si. The van der Waals surface area contributed by atoms with Gasteiger partial charge in [0.1, 0.15) is 0 Å². The minimum absolute atomic E-state index is 0.0850. The molecule has 0 atom stereocenters. The SMILES string of the molecule is C[SiH](C)OCc1c(C(C)(C)C)ccc2cc(CO)ccc12. The summed E-state index contributed by atoms with van der Waals surface area (Å²) < 4.78 is 6.02. The van der Waals surface area contributed by atoms with Crippen LogP contribution in [0.5, 0.6) is 0 Å². The third-order valence-electron chi connectivity index (χ3n) is 3.75. The number of hydrogen-bond donors (Lipinski definition) is 1. The number of rotatable bonds is 4. The van der Waals surface area contributed by atoms with E-state index in [-0.39, 0.29) is 12.0 Å². The van der Waals surface area contributed by atoms with Crippen LogP contribution in [0.3, 0.4) is 0 Å². The van der Waals surface area contributed by atoms with Crippen LogP contribution in [0.15, 0.2) is 30.3 Å². The van der Waals surface area contributed by atoms with Gasteiger partial charge in [-0.05, 0) is 52.0 Å². The van der Waals surface area contributed by atoms with Gasteiger partial charge in [-0.3, -0.25) is 0 Å². The first kappa shape index (κ1) is 16.2. The molecule has 0 saturated heterocycles. The lowest BCUT2D eigenvalue weighted by Crippen LogP contribution is -2.17. The fourth-order valence-corrected chi connectivity index (χ4v) is 3.15. The Labute approximate surface area is 129 Å². The molecule has 0 saturated carbocycles. The van der Waals surface area contributed by atoms with Crippen molar-refractivity contribution >= 4 is 19.8 Å². The molecule has 2 aromatic rings. The Bertz CT molecular complexity index is 627. The normalized spacial score (nSPS) is 12.3. The quantitative estimate of drug-likeness (QED) is 0.861. The molecule has 3 heteroatoms. The van der Waals surface area contributed by atoms with Gasteiger partial charge in [-0.2, -0.15) is 0 Å². The summed E-state index contributed by atoms with van der Waals surface area (Å²) in [6.45, 7) is 11.9. The zero-order valence-corrected chi connectivity index (χ0v) is 14.9. The highest BCUT2D eigenvalue weighted by Gasteiger charge is 2.20. The number of benzene rings is 2. The first-order valence-corrected chi connectivity index (χ1v) is 10.4. The van der Waals surface area contributed by atoms with Crippen molar-refractivity contribution in [2.75, 3.05) is 0 Å². The van der Waals surface area contributed by atoms with E-state index in [2.05, 4.69) is 58.1 Å². The summed E-state index contributed by atoms with van der Waals surface area (Å²) in [5, 5.41) is 11.7. The average molecular weight is 302 g/mol. The molecule has 2 rings (SSSR count). The van der Waals surface area contributed by atoms with Crippen molar-refractivity contribution in [2.24, 2.45) is 0 Å². The molecule has 0 fully saturated rings. The second-order valence-corrected chi connectivity index (χ2v) is 9.35. The summed E-state index contributed by atoms with van der Waals surface area (Å²) in [6.07, 6.45) is 0. The zero-order chi connectivity index (χ0) is 15.6. The molecule has 2 nitrogen and oxygen atoms in total. The van der Waals surface area contributed by atoms with Crippen molar-refractivity contribution in [3.05, 3.63) is 47.0 Å². The lowest BCUT2D eigenvalue weighted by molar-refractivity contribution is 0.282. The van der Waals surface area contributed by atoms with E-state index in [0.29, 0.717) is 6.61 Å². The standard InChI is InChI=1S/C18H26O2Si/c1-18(2,3)17-9-7-14-10-13(11-19)6-8-15(14)16(17)12-20-21(4)5/h6-10,19,21H,11-12H2,1-5H3. The summed E-state index contributed by atoms with van der Waals surface area (Å²) in [5.74, 6) is 0. The molecule has 114 valence electrons. The minimum atomic E-state index is -1.05. The molecule has 21 heavy (non-hydrogen) atoms. The van der Waals surface area contributed by atoms with Gasteiger partial charge < -0.3 is 9.53 Å². The summed E-state index contributed by atoms with van der Waals surface area (Å²) in [4.78, 5) is 0. The Kier molecular flexibility index (Phi) is 4.87. The van der Waals surface area contributed by atoms with Gasteiger partial charge in [-0.25, -0.2) is 0 Å². The molecule has 2 aromatic carbocycles. The molecule has 0 amide bonds. The molecule has 0 aliphatic carbocycles. The van der Waals surface area contributed by atoms with Crippen molar-refractivity contribution in [2.45, 2.75) is 52.5 Å². The summed E-state index contributed by atoms with van der Waals surface area (Å²) in [6, 6.07) is 10.6. The smallest absolute Gasteiger partial charge is 0.171 e. The highest BCUT2D eigenvalue weighted by Crippen LogP contribution is 2.32. The Morgan fingerprint density at radius 3 is 2.38 bits per heavy atom. The monoisotopic (exact) mass is 302 g/mol. The van der Waals surface area contributed by atoms with Gasteiger partial charge in [0.15, 0.2) is 9.04 Å². The topological polar surface area (TPSA) is 29.5 Å². The van der Waals surface area contributed by atoms with Crippen LogP contribution in [-0.4, -0.2) is 14.1 Å². The van der Waals surface area contributed by atoms with Gasteiger partial charge in [0.05, 0.1) is 13.2 Å². The molecule has 0 radical (unpaired) electrons. The van der Waals surface area contributed by atoms with E-state index in [0.717, 1.165) is 5.56 Å². The Balaban J connectivity index is 2.60. The van der Waals surface area contributed by atoms with E-state index in [4.69, 9.17) is 4.43 Å². The van der Waals surface area contributed by atoms with Crippen LogP contribution >= 0.6 is 0 Å². The maximum absolute atomic E-state index is 9.31. The number of aliphatic hydroxyl groups excluding tert-OH is 1. The zero-order valence-electron chi connectivity index (χ0n) is 13.7. The predicted molar refractivity (Wildman–Crippen MR) is 92.2 cm³/mol. The fourth-order valence-electron chi connectivity index (χ4n) is 2.65. The second-order valence-electron chi connectivity index (χ2n) is 6.92. The van der Waals surface area contributed by atoms with Crippen LogP contribution in [0.1, 0.15) is 37.5 Å². The summed E-state index contributed by atoms with van der Waals surface area (Å²) in [7, 11) is -1.05. The first-order chi connectivity index (χ1) is 9.82. The van der Waals surface area contributed by atoms with Crippen LogP contribution in [0.25, 0.3) is 10.8 Å². The van der Waals surface area contributed by atoms with Gasteiger partial charge >= 0.3 is 0 Å². The van der Waals surface area contributed by atoms with E-state index < -0.39 is 9.04 Å². The molecule has 0 unspecified atom stereocenters. The van der Waals surface area contributed by atoms with Gasteiger partial charge in [0.2, 0.25) is 0 Å². The van der Waals surface area contributed by atoms with Gasteiger partial charge in [0.25, 0.3) is 0 Å². The highest BCUT2D eigenvalue weighted by atomic mass is 28.3. The third kappa shape index (κ3) is 3.73. The van der Waals surface area contributed by atoms with Crippen LogP contribution in [0.2, 0.25) is 13.1 Å². The van der Waals surface area contributed by atoms with E-state index in [1.54, 1.807) is 0 Å². The Morgan fingerprint density at radius 2 is 1.81 bits per heavy atom. The molecule has 0 aromatic heterocycles. The van der Waals surface area contributed by atoms with E-state index in [1.165, 1.54) is 21.9 Å². The number of hydrogen-bond acceptors (Lipinski definition) is 2. The molecule has 0 aliphatic heterocycles. The number of aliphatic hydroxyl groups is 1. The minimum Gasteiger partial charge on any atom is -0.416 e. The largest absolute Gasteiger partial charge is 0.416 e. The Hall–Kier alpha value is -1.16. The highest BCUT2D eigenvalue weighted by molar-refractivity contribution is 6.48. The second kappa shape index (κ2) is 6.30.